The van der Waals surface area contributed by atoms with E-state index in [1.165, 1.54) is 11.3 Å². The average Bonchev–Trinajstić information content (AvgIpc) is 2.94. The van der Waals surface area contributed by atoms with Crippen LogP contribution in [0.25, 0.3) is 0 Å². The van der Waals surface area contributed by atoms with Crippen LogP contribution in [0.5, 0.6) is 0 Å². The summed E-state index contributed by atoms with van der Waals surface area (Å²) in [5.74, 6) is 4.89. The lowest BCUT2D eigenvalue weighted by molar-refractivity contribution is -0.121. The minimum atomic E-state index is -0.235. The molecule has 1 heterocycles. The van der Waals surface area contributed by atoms with E-state index < -0.39 is 0 Å². The van der Waals surface area contributed by atoms with E-state index in [9.17, 15) is 9.59 Å². The first kappa shape index (κ1) is 17.2. The van der Waals surface area contributed by atoms with Gasteiger partial charge in [-0.25, -0.2) is 0 Å². The first-order valence-electron chi connectivity index (χ1n) is 6.40. The van der Waals surface area contributed by atoms with Gasteiger partial charge in [-0.1, -0.05) is 11.8 Å². The molecule has 0 aromatic carbocycles. The maximum Gasteiger partial charge on any atom is 0.261 e. The highest BCUT2D eigenvalue weighted by Gasteiger charge is 2.09. The number of nitrogens with one attached hydrogen (secondary N) is 2. The van der Waals surface area contributed by atoms with Crippen LogP contribution in [0, 0.1) is 11.8 Å². The quantitative estimate of drug-likeness (QED) is 0.488. The lowest BCUT2D eigenvalue weighted by Gasteiger charge is -2.05. The highest BCUT2D eigenvalue weighted by molar-refractivity contribution is 7.14. The van der Waals surface area contributed by atoms with Crippen LogP contribution in [0.15, 0.2) is 12.1 Å². The third kappa shape index (κ3) is 6.90. The molecule has 0 unspecified atom stereocenters. The molecule has 0 aliphatic carbocycles. The van der Waals surface area contributed by atoms with Gasteiger partial charge in [0.2, 0.25) is 5.91 Å². The van der Waals surface area contributed by atoms with E-state index in [-0.39, 0.29) is 31.4 Å². The first-order valence-corrected chi connectivity index (χ1v) is 7.22. The third-order valence-electron chi connectivity index (χ3n) is 2.39. The summed E-state index contributed by atoms with van der Waals surface area (Å²) in [5, 5.41) is 13.9. The number of carbonyl (C=O) groups is 2. The Bertz CT molecular complexity index is 531. The van der Waals surface area contributed by atoms with Crippen molar-refractivity contribution >= 4 is 23.2 Å². The number of ether oxygens (including phenoxy) is 1. The van der Waals surface area contributed by atoms with Crippen molar-refractivity contribution in [2.75, 3.05) is 33.4 Å². The van der Waals surface area contributed by atoms with E-state index >= 15 is 0 Å². The molecule has 114 valence electrons. The van der Waals surface area contributed by atoms with Crippen molar-refractivity contribution in [1.29, 1.82) is 0 Å². The number of carbonyl (C=O) groups excluding carboxylic acids is 2. The van der Waals surface area contributed by atoms with E-state index in [1.54, 1.807) is 19.2 Å². The number of amides is 2. The third-order valence-corrected chi connectivity index (χ3v) is 3.39. The van der Waals surface area contributed by atoms with Crippen LogP contribution < -0.4 is 10.6 Å². The molecule has 0 aliphatic rings. The molecule has 0 spiro atoms. The Hall–Kier alpha value is -1.88. The van der Waals surface area contributed by atoms with Crippen molar-refractivity contribution in [1.82, 2.24) is 10.6 Å². The number of hydrogen-bond acceptors (Lipinski definition) is 5. The fourth-order valence-corrected chi connectivity index (χ4v) is 2.21. The Morgan fingerprint density at radius 2 is 2.14 bits per heavy atom. The normalized spacial score (nSPS) is 9.62. The Labute approximate surface area is 127 Å². The molecular weight excluding hydrogens is 292 g/mol. The molecule has 6 nitrogen and oxygen atoms in total. The Morgan fingerprint density at radius 3 is 2.86 bits per heavy atom. The maximum atomic E-state index is 11.8. The fourth-order valence-electron chi connectivity index (χ4n) is 1.41. The van der Waals surface area contributed by atoms with Crippen LogP contribution in [0.2, 0.25) is 0 Å². The first-order chi connectivity index (χ1) is 10.2. The van der Waals surface area contributed by atoms with Gasteiger partial charge < -0.3 is 20.5 Å². The van der Waals surface area contributed by atoms with Gasteiger partial charge in [-0.15, -0.1) is 11.3 Å². The molecule has 0 fully saturated rings. The summed E-state index contributed by atoms with van der Waals surface area (Å²) in [6.45, 7) is 0.983. The topological polar surface area (TPSA) is 87.7 Å². The molecule has 0 aliphatic heterocycles. The molecule has 21 heavy (non-hydrogen) atoms. The zero-order valence-electron chi connectivity index (χ0n) is 11.8. The van der Waals surface area contributed by atoms with E-state index in [0.717, 1.165) is 0 Å². The summed E-state index contributed by atoms with van der Waals surface area (Å²) in [6.07, 6.45) is 0.220. The zero-order chi connectivity index (χ0) is 15.5. The number of hydrogen-bond donors (Lipinski definition) is 3. The van der Waals surface area contributed by atoms with E-state index in [1.807, 2.05) is 0 Å². The van der Waals surface area contributed by atoms with E-state index in [0.29, 0.717) is 22.9 Å². The molecule has 3 N–H and O–H groups in total. The summed E-state index contributed by atoms with van der Waals surface area (Å²) < 4.78 is 4.81. The fraction of sp³-hybridized carbons (Fsp3) is 0.429. The van der Waals surface area contributed by atoms with Crippen LogP contribution in [0.3, 0.4) is 0 Å². The highest BCUT2D eigenvalue weighted by atomic mass is 32.1. The van der Waals surface area contributed by atoms with Gasteiger partial charge in [-0.05, 0) is 12.1 Å². The van der Waals surface area contributed by atoms with Crippen molar-refractivity contribution < 1.29 is 19.4 Å². The summed E-state index contributed by atoms with van der Waals surface area (Å²) in [7, 11) is 1.56. The predicted molar refractivity (Wildman–Crippen MR) is 80.1 cm³/mol. The smallest absolute Gasteiger partial charge is 0.261 e. The number of thiophene rings is 1. The Balaban J connectivity index is 2.30. The predicted octanol–water partition coefficient (Wildman–Crippen LogP) is -0.0256. The number of methoxy groups -OCH3 is 1. The summed E-state index contributed by atoms with van der Waals surface area (Å²) in [5.41, 5.74) is 0. The Morgan fingerprint density at radius 1 is 1.33 bits per heavy atom. The monoisotopic (exact) mass is 310 g/mol. The largest absolute Gasteiger partial charge is 0.384 e. The van der Waals surface area contributed by atoms with Gasteiger partial charge in [0, 0.05) is 26.6 Å². The maximum absolute atomic E-state index is 11.8. The number of aliphatic hydroxyl groups is 1. The van der Waals surface area contributed by atoms with Crippen molar-refractivity contribution in [3.05, 3.63) is 21.9 Å². The SMILES string of the molecule is COCCNC(=O)CCNC(=O)c1ccc(C#CCO)s1. The van der Waals surface area contributed by atoms with Crippen molar-refractivity contribution in [2.45, 2.75) is 6.42 Å². The second-order valence-corrected chi connectivity index (χ2v) is 5.06. The minimum Gasteiger partial charge on any atom is -0.384 e. The van der Waals surface area contributed by atoms with Gasteiger partial charge >= 0.3 is 0 Å². The van der Waals surface area contributed by atoms with Crippen molar-refractivity contribution in [2.24, 2.45) is 0 Å². The van der Waals surface area contributed by atoms with Crippen LogP contribution >= 0.6 is 11.3 Å². The van der Waals surface area contributed by atoms with E-state index in [4.69, 9.17) is 9.84 Å². The Kier molecular flexibility index (Phi) is 8.12. The molecule has 2 amide bonds. The molecule has 1 aromatic heterocycles. The van der Waals surface area contributed by atoms with Crippen molar-refractivity contribution in [3.8, 4) is 11.8 Å². The van der Waals surface area contributed by atoms with Gasteiger partial charge in [0.05, 0.1) is 16.4 Å². The number of aliphatic hydroxyl groups excluding tert-OH is 1. The molecule has 0 radical (unpaired) electrons. The highest BCUT2D eigenvalue weighted by Crippen LogP contribution is 2.14. The molecule has 7 heteroatoms. The second kappa shape index (κ2) is 9.94. The molecule has 1 aromatic rings. The van der Waals surface area contributed by atoms with Gasteiger partial charge in [-0.3, -0.25) is 9.59 Å². The van der Waals surface area contributed by atoms with Gasteiger partial charge in [0.1, 0.15) is 6.61 Å². The molecule has 0 atom stereocenters. The molecule has 1 rings (SSSR count). The van der Waals surface area contributed by atoms with Crippen molar-refractivity contribution in [3.63, 3.8) is 0 Å². The van der Waals surface area contributed by atoms with Gasteiger partial charge in [0.15, 0.2) is 0 Å². The lowest BCUT2D eigenvalue weighted by Crippen LogP contribution is -2.31. The van der Waals surface area contributed by atoms with Crippen LogP contribution in [0.1, 0.15) is 21.0 Å². The standard InChI is InChI=1S/C14H18N2O4S/c1-20-10-8-15-13(18)6-7-16-14(19)12-5-4-11(21-12)3-2-9-17/h4-5,17H,6-10H2,1H3,(H,15,18)(H,16,19). The average molecular weight is 310 g/mol. The summed E-state index contributed by atoms with van der Waals surface area (Å²) >= 11 is 1.24. The van der Waals surface area contributed by atoms with E-state index in [2.05, 4.69) is 22.5 Å². The van der Waals surface area contributed by atoms with Gasteiger partial charge in [0.25, 0.3) is 5.91 Å². The molecule has 0 saturated heterocycles. The minimum absolute atomic E-state index is 0.131. The summed E-state index contributed by atoms with van der Waals surface area (Å²) in [6, 6.07) is 3.39. The molecular formula is C14H18N2O4S. The number of rotatable bonds is 7. The summed E-state index contributed by atoms with van der Waals surface area (Å²) in [4.78, 5) is 24.5. The second-order valence-electron chi connectivity index (χ2n) is 3.97. The molecule has 0 saturated carbocycles. The van der Waals surface area contributed by atoms with Crippen LogP contribution in [-0.2, 0) is 9.53 Å². The zero-order valence-corrected chi connectivity index (χ0v) is 12.6. The van der Waals surface area contributed by atoms with Crippen LogP contribution in [0.4, 0.5) is 0 Å². The molecule has 0 bridgehead atoms. The van der Waals surface area contributed by atoms with Gasteiger partial charge in [-0.2, -0.15) is 0 Å². The van der Waals surface area contributed by atoms with Crippen LogP contribution in [-0.4, -0.2) is 50.3 Å². The lowest BCUT2D eigenvalue weighted by atomic mass is 10.3.